The Balaban J connectivity index is 1.88. The number of carbonyl (C=O) groups is 2. The van der Waals surface area contributed by atoms with E-state index in [9.17, 15) is 31.2 Å². The van der Waals surface area contributed by atoms with Gasteiger partial charge in [0, 0.05) is 19.0 Å². The minimum Gasteiger partial charge on any atom is -0.497 e. The summed E-state index contributed by atoms with van der Waals surface area (Å²) in [5.74, 6) is -0.812. The van der Waals surface area contributed by atoms with Crippen molar-refractivity contribution in [1.82, 2.24) is 10.2 Å². The first-order chi connectivity index (χ1) is 23.6. The van der Waals surface area contributed by atoms with Gasteiger partial charge in [0.25, 0.3) is 10.0 Å². The van der Waals surface area contributed by atoms with Crippen molar-refractivity contribution in [1.29, 1.82) is 0 Å². The summed E-state index contributed by atoms with van der Waals surface area (Å²) in [7, 11) is -3.15. The van der Waals surface area contributed by atoms with Gasteiger partial charge in [0.2, 0.25) is 11.8 Å². The zero-order valence-corrected chi connectivity index (χ0v) is 29.6. The predicted octanol–water partition coefficient (Wildman–Crippen LogP) is 7.43. The molecule has 0 radical (unpaired) electrons. The lowest BCUT2D eigenvalue weighted by Crippen LogP contribution is -2.54. The summed E-state index contributed by atoms with van der Waals surface area (Å²) in [4.78, 5) is 29.6. The number of amides is 2. The summed E-state index contributed by atoms with van der Waals surface area (Å²) in [5, 5.41) is 2.31. The van der Waals surface area contributed by atoms with Gasteiger partial charge in [-0.3, -0.25) is 13.9 Å². The SMILES string of the molecule is CC[C@@H](C)NC(=O)[C@@H](Cc1ccccc1)N(Cc1cccc(OC)c1)C(=O)CN(c1ccc(Cl)c(C(F)(F)F)c1)S(=O)(=O)c1ccc(C)cc1. The Morgan fingerprint density at radius 3 is 2.20 bits per heavy atom. The number of carbonyl (C=O) groups excluding carboxylic acids is 2. The molecule has 0 saturated heterocycles. The van der Waals surface area contributed by atoms with Crippen LogP contribution in [0.2, 0.25) is 5.02 Å². The molecule has 13 heteroatoms. The molecule has 0 bridgehead atoms. The fraction of sp³-hybridized carbons (Fsp3) is 0.297. The van der Waals surface area contributed by atoms with Crippen molar-refractivity contribution in [2.24, 2.45) is 0 Å². The topological polar surface area (TPSA) is 96.0 Å². The number of anilines is 1. The third-order valence-electron chi connectivity index (χ3n) is 8.19. The maximum absolute atomic E-state index is 14.6. The van der Waals surface area contributed by atoms with Gasteiger partial charge in [0.15, 0.2) is 0 Å². The Labute approximate surface area is 295 Å². The highest BCUT2D eigenvalue weighted by Crippen LogP contribution is 2.38. The Hall–Kier alpha value is -4.55. The van der Waals surface area contributed by atoms with Gasteiger partial charge in [-0.25, -0.2) is 8.42 Å². The van der Waals surface area contributed by atoms with Gasteiger partial charge >= 0.3 is 6.18 Å². The normalized spacial score (nSPS) is 12.9. The number of sulfonamides is 1. The second kappa shape index (κ2) is 16.4. The Bertz CT molecular complexity index is 1890. The van der Waals surface area contributed by atoms with Crippen molar-refractivity contribution >= 4 is 39.1 Å². The van der Waals surface area contributed by atoms with E-state index in [0.717, 1.165) is 23.3 Å². The van der Waals surface area contributed by atoms with Crippen molar-refractivity contribution in [2.75, 3.05) is 18.0 Å². The standard InChI is InChI=1S/C37H39ClF3N3O5S/c1-5-26(3)42-36(46)34(21-27-10-7-6-8-11-27)43(23-28-12-9-13-30(20-28)49-4)35(45)24-44(50(47,48)31-17-14-25(2)15-18-31)29-16-19-33(38)32(22-29)37(39,40)41/h6-20,22,26,34H,5,21,23-24H2,1-4H3,(H,42,46)/t26-,34-/m1/s1. The number of nitrogens with zero attached hydrogens (tertiary/aromatic N) is 2. The minimum absolute atomic E-state index is 0.0721. The lowest BCUT2D eigenvalue weighted by atomic mass is 10.0. The van der Waals surface area contributed by atoms with Crippen LogP contribution >= 0.6 is 11.6 Å². The molecule has 0 aliphatic carbocycles. The molecule has 266 valence electrons. The second-order valence-electron chi connectivity index (χ2n) is 11.9. The van der Waals surface area contributed by atoms with Crippen molar-refractivity contribution in [2.45, 2.75) is 63.3 Å². The number of alkyl halides is 3. The van der Waals surface area contributed by atoms with Crippen LogP contribution in [0.25, 0.3) is 0 Å². The number of benzene rings is 4. The maximum atomic E-state index is 14.6. The summed E-state index contributed by atoms with van der Waals surface area (Å²) in [6, 6.07) is 22.8. The van der Waals surface area contributed by atoms with Gasteiger partial charge in [-0.05, 0) is 73.9 Å². The average Bonchev–Trinajstić information content (AvgIpc) is 3.09. The zero-order valence-electron chi connectivity index (χ0n) is 28.1. The number of halogens is 4. The van der Waals surface area contributed by atoms with E-state index in [2.05, 4.69) is 5.32 Å². The lowest BCUT2D eigenvalue weighted by Gasteiger charge is -2.34. The van der Waals surface area contributed by atoms with Crippen LogP contribution in [0.5, 0.6) is 5.75 Å². The smallest absolute Gasteiger partial charge is 0.417 e. The molecule has 4 rings (SSSR count). The Morgan fingerprint density at radius 1 is 0.920 bits per heavy atom. The van der Waals surface area contributed by atoms with E-state index >= 15 is 0 Å². The molecule has 0 aromatic heterocycles. The van der Waals surface area contributed by atoms with Crippen LogP contribution in [0.1, 0.15) is 42.5 Å². The van der Waals surface area contributed by atoms with E-state index in [1.807, 2.05) is 19.9 Å². The van der Waals surface area contributed by atoms with Crippen LogP contribution in [-0.2, 0) is 38.8 Å². The number of hydrogen-bond donors (Lipinski definition) is 1. The first-order valence-corrected chi connectivity index (χ1v) is 17.7. The van der Waals surface area contributed by atoms with E-state index in [1.54, 1.807) is 67.6 Å². The molecule has 0 aliphatic heterocycles. The molecule has 0 saturated carbocycles. The van der Waals surface area contributed by atoms with Gasteiger partial charge in [-0.2, -0.15) is 13.2 Å². The van der Waals surface area contributed by atoms with Crippen LogP contribution in [0.3, 0.4) is 0 Å². The van der Waals surface area contributed by atoms with Gasteiger partial charge < -0.3 is 15.0 Å². The maximum Gasteiger partial charge on any atom is 0.417 e. The molecular weight excluding hydrogens is 691 g/mol. The van der Waals surface area contributed by atoms with E-state index in [0.29, 0.717) is 28.1 Å². The van der Waals surface area contributed by atoms with Crippen molar-refractivity contribution in [3.8, 4) is 5.75 Å². The summed E-state index contributed by atoms with van der Waals surface area (Å²) in [6.07, 6.45) is -4.24. The third kappa shape index (κ3) is 9.57. The molecule has 1 N–H and O–H groups in total. The first kappa shape index (κ1) is 38.3. The number of hydrogen-bond acceptors (Lipinski definition) is 5. The molecule has 8 nitrogen and oxygen atoms in total. The van der Waals surface area contributed by atoms with Gasteiger partial charge in [0.05, 0.1) is 28.3 Å². The summed E-state index contributed by atoms with van der Waals surface area (Å²) in [5.41, 5.74) is 0.359. The molecule has 4 aromatic rings. The van der Waals surface area contributed by atoms with Crippen molar-refractivity contribution in [3.63, 3.8) is 0 Å². The van der Waals surface area contributed by atoms with Crippen LogP contribution in [0.4, 0.5) is 18.9 Å². The van der Waals surface area contributed by atoms with Crippen molar-refractivity contribution in [3.05, 3.63) is 124 Å². The molecule has 4 aromatic carbocycles. The Morgan fingerprint density at radius 2 is 1.58 bits per heavy atom. The summed E-state index contributed by atoms with van der Waals surface area (Å²) < 4.78 is 76.4. The fourth-order valence-electron chi connectivity index (χ4n) is 5.21. The average molecular weight is 730 g/mol. The van der Waals surface area contributed by atoms with Gasteiger partial charge in [-0.15, -0.1) is 0 Å². The number of rotatable bonds is 14. The molecule has 0 aliphatic rings. The number of nitrogens with one attached hydrogen (secondary N) is 1. The fourth-order valence-corrected chi connectivity index (χ4v) is 6.85. The molecule has 0 fully saturated rings. The summed E-state index contributed by atoms with van der Waals surface area (Å²) in [6.45, 7) is 4.39. The highest BCUT2D eigenvalue weighted by molar-refractivity contribution is 7.92. The zero-order chi connectivity index (χ0) is 36.6. The van der Waals surface area contributed by atoms with E-state index in [1.165, 1.54) is 24.1 Å². The minimum atomic E-state index is -4.91. The highest BCUT2D eigenvalue weighted by atomic mass is 35.5. The predicted molar refractivity (Wildman–Crippen MR) is 188 cm³/mol. The lowest BCUT2D eigenvalue weighted by molar-refractivity contribution is -0.140. The van der Waals surface area contributed by atoms with E-state index in [4.69, 9.17) is 16.3 Å². The van der Waals surface area contributed by atoms with E-state index in [-0.39, 0.29) is 23.9 Å². The van der Waals surface area contributed by atoms with Crippen LogP contribution in [0, 0.1) is 6.92 Å². The largest absolute Gasteiger partial charge is 0.497 e. The number of methoxy groups -OCH3 is 1. The molecule has 50 heavy (non-hydrogen) atoms. The summed E-state index contributed by atoms with van der Waals surface area (Å²) >= 11 is 5.89. The monoisotopic (exact) mass is 729 g/mol. The highest BCUT2D eigenvalue weighted by Gasteiger charge is 2.38. The van der Waals surface area contributed by atoms with Crippen molar-refractivity contribution < 1.29 is 35.9 Å². The van der Waals surface area contributed by atoms with Crippen LogP contribution in [-0.4, -0.2) is 50.9 Å². The van der Waals surface area contributed by atoms with E-state index < -0.39 is 56.9 Å². The first-order valence-electron chi connectivity index (χ1n) is 15.9. The molecule has 2 amide bonds. The molecule has 2 atom stereocenters. The third-order valence-corrected chi connectivity index (χ3v) is 10.3. The number of ether oxygens (including phenoxy) is 1. The van der Waals surface area contributed by atoms with Gasteiger partial charge in [0.1, 0.15) is 18.3 Å². The molecular formula is C37H39ClF3N3O5S. The second-order valence-corrected chi connectivity index (χ2v) is 14.2. The molecule has 0 heterocycles. The molecule has 0 spiro atoms. The van der Waals surface area contributed by atoms with Gasteiger partial charge in [-0.1, -0.05) is 78.7 Å². The molecule has 0 unspecified atom stereocenters. The quantitative estimate of drug-likeness (QED) is 0.146. The number of aryl methyl sites for hydroxylation is 1. The van der Waals surface area contributed by atoms with Crippen LogP contribution in [0.15, 0.2) is 102 Å². The Kier molecular flexibility index (Phi) is 12.6. The van der Waals surface area contributed by atoms with Crippen LogP contribution < -0.4 is 14.4 Å².